The van der Waals surface area contributed by atoms with Crippen LogP contribution in [0.3, 0.4) is 0 Å². The van der Waals surface area contributed by atoms with Crippen molar-refractivity contribution in [2.75, 3.05) is 12.3 Å². The third-order valence-corrected chi connectivity index (χ3v) is 3.36. The number of carbonyl (C=O) groups excluding carboxylic acids is 2. The lowest BCUT2D eigenvalue weighted by Crippen LogP contribution is -2.27. The Morgan fingerprint density at radius 1 is 1.10 bits per heavy atom. The maximum Gasteiger partial charge on any atom is 0.266 e. The number of unbranched alkanes of at least 4 members (excludes halogenated alkanes) is 2. The van der Waals surface area contributed by atoms with Gasteiger partial charge >= 0.3 is 0 Å². The molecule has 0 spiro atoms. The quantitative estimate of drug-likeness (QED) is 0.362. The summed E-state index contributed by atoms with van der Waals surface area (Å²) in [5.41, 5.74) is 0.900. The van der Waals surface area contributed by atoms with E-state index in [9.17, 15) is 18.0 Å². The van der Waals surface area contributed by atoms with Crippen LogP contribution in [0.25, 0.3) is 0 Å². The fourth-order valence-electron chi connectivity index (χ4n) is 1.60. The summed E-state index contributed by atoms with van der Waals surface area (Å²) in [6.45, 7) is 3.29. The van der Waals surface area contributed by atoms with E-state index in [1.54, 1.807) is 6.92 Å². The molecule has 6 nitrogen and oxygen atoms in total. The average molecular weight is 305 g/mol. The first-order valence-electron chi connectivity index (χ1n) is 6.60. The van der Waals surface area contributed by atoms with Gasteiger partial charge in [-0.05, 0) is 33.1 Å². The normalized spacial score (nSPS) is 12.2. The second kappa shape index (κ2) is 9.66. The zero-order valence-corrected chi connectivity index (χ0v) is 12.8. The minimum atomic E-state index is -4.04. The van der Waals surface area contributed by atoms with Gasteiger partial charge in [-0.3, -0.25) is 9.35 Å². The number of allylic oxidation sites excluding steroid dienone is 1. The highest BCUT2D eigenvalue weighted by molar-refractivity contribution is 7.85. The predicted octanol–water partition coefficient (Wildman–Crippen LogP) is 1.48. The molecule has 1 amide bonds. The van der Waals surface area contributed by atoms with Crippen LogP contribution in [0.4, 0.5) is 0 Å². The molecule has 20 heavy (non-hydrogen) atoms. The smallest absolute Gasteiger partial charge is 0.266 e. The van der Waals surface area contributed by atoms with Gasteiger partial charge in [0.15, 0.2) is 0 Å². The van der Waals surface area contributed by atoms with E-state index in [2.05, 4.69) is 5.32 Å². The Morgan fingerprint density at radius 2 is 1.70 bits per heavy atom. The van der Waals surface area contributed by atoms with Crippen LogP contribution in [0.1, 0.15) is 46.0 Å². The maximum atomic E-state index is 11.4. The number of amides is 1. The monoisotopic (exact) mass is 305 g/mol. The Balaban J connectivity index is 3.82. The van der Waals surface area contributed by atoms with Crippen molar-refractivity contribution in [3.05, 3.63) is 11.6 Å². The third-order valence-electron chi connectivity index (χ3n) is 2.64. The average Bonchev–Trinajstić information content (AvgIpc) is 2.26. The van der Waals surface area contributed by atoms with E-state index in [1.807, 2.05) is 6.92 Å². The molecule has 0 heterocycles. The summed E-state index contributed by atoms with van der Waals surface area (Å²) >= 11 is 0. The molecule has 0 atom stereocenters. The topological polar surface area (TPSA) is 101 Å². The highest BCUT2D eigenvalue weighted by Gasteiger charge is 2.05. The molecule has 0 rings (SSSR count). The highest BCUT2D eigenvalue weighted by Crippen LogP contribution is 2.09. The van der Waals surface area contributed by atoms with Crippen molar-refractivity contribution in [2.45, 2.75) is 46.0 Å². The summed E-state index contributed by atoms with van der Waals surface area (Å²) in [5.74, 6) is -0.665. The third kappa shape index (κ3) is 13.2. The fraction of sp³-hybridized carbons (Fsp3) is 0.692. The van der Waals surface area contributed by atoms with E-state index in [-0.39, 0.29) is 18.2 Å². The van der Waals surface area contributed by atoms with Crippen LogP contribution in [0, 0.1) is 0 Å². The van der Waals surface area contributed by atoms with Crippen LogP contribution in [0.5, 0.6) is 0 Å². The molecule has 0 aromatic heterocycles. The number of Topliss-reactive ketones (excluding diaryl/α,β-unsaturated/α-hetero) is 1. The van der Waals surface area contributed by atoms with Crippen molar-refractivity contribution in [1.29, 1.82) is 0 Å². The number of hydrogen-bond acceptors (Lipinski definition) is 4. The van der Waals surface area contributed by atoms with Gasteiger partial charge in [0, 0.05) is 19.0 Å². The Labute approximate surface area is 120 Å². The second-order valence-corrected chi connectivity index (χ2v) is 6.40. The predicted molar refractivity (Wildman–Crippen MR) is 76.9 cm³/mol. The number of carbonyl (C=O) groups is 2. The molecule has 0 saturated carbocycles. The van der Waals surface area contributed by atoms with E-state index >= 15 is 0 Å². The Morgan fingerprint density at radius 3 is 2.25 bits per heavy atom. The zero-order chi connectivity index (χ0) is 15.6. The Hall–Kier alpha value is -1.21. The Bertz CT molecular complexity index is 453. The van der Waals surface area contributed by atoms with Gasteiger partial charge in [0.1, 0.15) is 5.78 Å². The molecule has 7 heteroatoms. The first-order valence-corrected chi connectivity index (χ1v) is 8.21. The summed E-state index contributed by atoms with van der Waals surface area (Å²) in [7, 11) is -4.04. The van der Waals surface area contributed by atoms with Gasteiger partial charge in [-0.15, -0.1) is 0 Å². The molecule has 2 N–H and O–H groups in total. The first kappa shape index (κ1) is 18.8. The standard InChI is InChI=1S/C13H23NO5S/c1-11(6-4-3-5-7-12(2)15)10-13(16)14-8-9-20(17,18)19/h10H,3-9H2,1-2H3,(H,14,16)(H,17,18,19)/b11-10-. The molecule has 0 aliphatic carbocycles. The van der Waals surface area contributed by atoms with Crippen LogP contribution >= 0.6 is 0 Å². The van der Waals surface area contributed by atoms with Crippen LogP contribution < -0.4 is 5.32 Å². The SMILES string of the molecule is CC(=O)CCCCC/C(C)=C\C(=O)NCCS(=O)(=O)O. The molecule has 116 valence electrons. The van der Waals surface area contributed by atoms with Gasteiger partial charge in [-0.1, -0.05) is 12.0 Å². The van der Waals surface area contributed by atoms with Crippen molar-refractivity contribution in [2.24, 2.45) is 0 Å². The number of hydrogen-bond donors (Lipinski definition) is 2. The molecule has 0 radical (unpaired) electrons. The molecule has 0 aliphatic rings. The lowest BCUT2D eigenvalue weighted by Gasteiger charge is -2.03. The van der Waals surface area contributed by atoms with Crippen LogP contribution in [-0.4, -0.2) is 37.0 Å². The van der Waals surface area contributed by atoms with Gasteiger partial charge in [-0.2, -0.15) is 8.42 Å². The molecule has 0 bridgehead atoms. The number of ketones is 1. The van der Waals surface area contributed by atoms with Crippen molar-refractivity contribution < 1.29 is 22.6 Å². The molecular weight excluding hydrogens is 282 g/mol. The van der Waals surface area contributed by atoms with E-state index in [0.29, 0.717) is 6.42 Å². The molecule has 0 aromatic carbocycles. The number of nitrogens with one attached hydrogen (secondary N) is 1. The summed E-state index contributed by atoms with van der Waals surface area (Å²) in [6.07, 6.45) is 5.50. The summed E-state index contributed by atoms with van der Waals surface area (Å²) in [4.78, 5) is 22.1. The van der Waals surface area contributed by atoms with Gasteiger partial charge in [0.25, 0.3) is 10.1 Å². The Kier molecular flexibility index (Phi) is 9.07. The van der Waals surface area contributed by atoms with E-state index in [4.69, 9.17) is 4.55 Å². The summed E-state index contributed by atoms with van der Waals surface area (Å²) in [5, 5.41) is 2.39. The molecular formula is C13H23NO5S. The van der Waals surface area contributed by atoms with Gasteiger partial charge in [-0.25, -0.2) is 0 Å². The van der Waals surface area contributed by atoms with Gasteiger partial charge in [0.05, 0.1) is 5.75 Å². The van der Waals surface area contributed by atoms with Crippen LogP contribution in [0.15, 0.2) is 11.6 Å². The van der Waals surface area contributed by atoms with E-state index in [1.165, 1.54) is 6.08 Å². The summed E-state index contributed by atoms with van der Waals surface area (Å²) < 4.78 is 29.4. The molecule has 0 saturated heterocycles. The maximum absolute atomic E-state index is 11.4. The number of rotatable bonds is 10. The van der Waals surface area contributed by atoms with Crippen molar-refractivity contribution in [3.63, 3.8) is 0 Å². The minimum Gasteiger partial charge on any atom is -0.351 e. The second-order valence-electron chi connectivity index (χ2n) is 4.83. The van der Waals surface area contributed by atoms with Crippen LogP contribution in [-0.2, 0) is 19.7 Å². The van der Waals surface area contributed by atoms with Crippen LogP contribution in [0.2, 0.25) is 0 Å². The van der Waals surface area contributed by atoms with Crippen molar-refractivity contribution in [1.82, 2.24) is 5.32 Å². The van der Waals surface area contributed by atoms with Gasteiger partial charge < -0.3 is 10.1 Å². The highest BCUT2D eigenvalue weighted by atomic mass is 32.2. The minimum absolute atomic E-state index is 0.111. The lowest BCUT2D eigenvalue weighted by atomic mass is 10.1. The molecule has 0 fully saturated rings. The fourth-order valence-corrected chi connectivity index (χ4v) is 1.96. The molecule has 0 aromatic rings. The largest absolute Gasteiger partial charge is 0.351 e. The first-order chi connectivity index (χ1) is 9.20. The van der Waals surface area contributed by atoms with Crippen molar-refractivity contribution in [3.8, 4) is 0 Å². The molecule has 0 aliphatic heterocycles. The van der Waals surface area contributed by atoms with E-state index < -0.39 is 15.9 Å². The lowest BCUT2D eigenvalue weighted by molar-refractivity contribution is -0.117. The zero-order valence-electron chi connectivity index (χ0n) is 12.0. The van der Waals surface area contributed by atoms with Gasteiger partial charge in [0.2, 0.25) is 5.91 Å². The van der Waals surface area contributed by atoms with Crippen molar-refractivity contribution >= 4 is 21.8 Å². The summed E-state index contributed by atoms with van der Waals surface area (Å²) in [6, 6.07) is 0. The molecule has 0 unspecified atom stereocenters. The van der Waals surface area contributed by atoms with E-state index in [0.717, 1.165) is 31.3 Å².